The summed E-state index contributed by atoms with van der Waals surface area (Å²) in [6.07, 6.45) is 4.49. The molecule has 1 saturated carbocycles. The van der Waals surface area contributed by atoms with Crippen molar-refractivity contribution in [2.75, 3.05) is 12.4 Å². The average Bonchev–Trinajstić information content (AvgIpc) is 2.74. The molecule has 156 valence electrons. The van der Waals surface area contributed by atoms with Crippen LogP contribution in [0.3, 0.4) is 0 Å². The number of fused-ring (bicyclic) bond motifs is 1. The van der Waals surface area contributed by atoms with Crippen LogP contribution in [0.4, 0.5) is 5.69 Å². The first-order valence-corrected chi connectivity index (χ1v) is 10.4. The summed E-state index contributed by atoms with van der Waals surface area (Å²) >= 11 is 0. The molecular formula is C23H27N5O2. The highest BCUT2D eigenvalue weighted by Gasteiger charge is 2.28. The van der Waals surface area contributed by atoms with E-state index in [1.165, 1.54) is 0 Å². The van der Waals surface area contributed by atoms with E-state index >= 15 is 0 Å². The van der Waals surface area contributed by atoms with Crippen molar-refractivity contribution in [3.05, 3.63) is 69.8 Å². The van der Waals surface area contributed by atoms with Crippen molar-refractivity contribution in [2.24, 2.45) is 0 Å². The Morgan fingerprint density at radius 2 is 2.00 bits per heavy atom. The minimum Gasteiger partial charge on any atom is -0.381 e. The number of rotatable bonds is 7. The lowest BCUT2D eigenvalue weighted by Crippen LogP contribution is -2.47. The Morgan fingerprint density at radius 3 is 2.70 bits per heavy atom. The topological polar surface area (TPSA) is 98.9 Å². The number of hydrogen-bond donors (Lipinski definition) is 4. The van der Waals surface area contributed by atoms with Gasteiger partial charge in [0.25, 0.3) is 11.5 Å². The summed E-state index contributed by atoms with van der Waals surface area (Å²) in [5, 5.41) is 10.7. The molecule has 4 rings (SSSR count). The Kier molecular flexibility index (Phi) is 5.81. The van der Waals surface area contributed by atoms with E-state index in [1.54, 1.807) is 19.3 Å². The number of amides is 1. The van der Waals surface area contributed by atoms with Crippen LogP contribution in [0, 0.1) is 0 Å². The lowest BCUT2D eigenvalue weighted by atomic mass is 9.86. The molecule has 1 fully saturated rings. The quantitative estimate of drug-likeness (QED) is 0.484. The zero-order valence-electron chi connectivity index (χ0n) is 17.3. The van der Waals surface area contributed by atoms with Gasteiger partial charge in [-0.05, 0) is 54.5 Å². The predicted octanol–water partition coefficient (Wildman–Crippen LogP) is 2.58. The summed E-state index contributed by atoms with van der Waals surface area (Å²) in [5.41, 5.74) is 4.21. The van der Waals surface area contributed by atoms with E-state index in [4.69, 9.17) is 0 Å². The normalized spacial score (nSPS) is 18.1. The summed E-state index contributed by atoms with van der Waals surface area (Å²) in [6, 6.07) is 12.7. The maximum atomic E-state index is 12.0. The van der Waals surface area contributed by atoms with Crippen LogP contribution < -0.4 is 21.5 Å². The van der Waals surface area contributed by atoms with E-state index in [0.29, 0.717) is 17.8 Å². The average molecular weight is 406 g/mol. The number of benzene rings is 1. The molecule has 0 atom stereocenters. The van der Waals surface area contributed by atoms with Crippen molar-refractivity contribution in [1.29, 1.82) is 0 Å². The van der Waals surface area contributed by atoms with E-state index in [2.05, 4.69) is 44.1 Å². The van der Waals surface area contributed by atoms with Gasteiger partial charge in [0.15, 0.2) is 0 Å². The second kappa shape index (κ2) is 8.67. The maximum Gasteiger partial charge on any atom is 0.269 e. The van der Waals surface area contributed by atoms with Crippen LogP contribution >= 0.6 is 0 Å². The van der Waals surface area contributed by atoms with Crippen LogP contribution in [0.5, 0.6) is 0 Å². The SMILES string of the molecule is CCc1cc2ccc(CNC3CC(Nc4ccc(C(=O)NC)nc4)C3)cc2[nH]c1=O. The number of H-pyrrole nitrogens is 1. The highest BCUT2D eigenvalue weighted by molar-refractivity contribution is 5.92. The van der Waals surface area contributed by atoms with E-state index in [1.807, 2.05) is 19.1 Å². The van der Waals surface area contributed by atoms with Crippen molar-refractivity contribution in [1.82, 2.24) is 20.6 Å². The van der Waals surface area contributed by atoms with Gasteiger partial charge < -0.3 is 20.9 Å². The Hall–Kier alpha value is -3.19. The fraction of sp³-hybridized carbons (Fsp3) is 0.348. The summed E-state index contributed by atoms with van der Waals surface area (Å²) in [6.45, 7) is 2.76. The summed E-state index contributed by atoms with van der Waals surface area (Å²) in [7, 11) is 1.59. The predicted molar refractivity (Wildman–Crippen MR) is 119 cm³/mol. The monoisotopic (exact) mass is 405 g/mol. The zero-order valence-corrected chi connectivity index (χ0v) is 17.3. The first-order chi connectivity index (χ1) is 14.6. The van der Waals surface area contributed by atoms with Crippen molar-refractivity contribution in [2.45, 2.75) is 44.8 Å². The fourth-order valence-corrected chi connectivity index (χ4v) is 3.81. The first kappa shape index (κ1) is 20.1. The lowest BCUT2D eigenvalue weighted by Gasteiger charge is -2.37. The molecule has 3 aromatic rings. The van der Waals surface area contributed by atoms with E-state index in [0.717, 1.165) is 53.5 Å². The molecule has 1 aliphatic carbocycles. The molecule has 1 aliphatic rings. The van der Waals surface area contributed by atoms with Gasteiger partial charge in [0.05, 0.1) is 11.9 Å². The second-order valence-electron chi connectivity index (χ2n) is 7.80. The number of hydrogen-bond acceptors (Lipinski definition) is 5. The molecule has 2 heterocycles. The third kappa shape index (κ3) is 4.36. The first-order valence-electron chi connectivity index (χ1n) is 10.4. The summed E-state index contributed by atoms with van der Waals surface area (Å²) in [5.74, 6) is -0.182. The van der Waals surface area contributed by atoms with Crippen molar-refractivity contribution in [3.63, 3.8) is 0 Å². The van der Waals surface area contributed by atoms with Gasteiger partial charge in [-0.25, -0.2) is 4.98 Å². The third-order valence-electron chi connectivity index (χ3n) is 5.70. The summed E-state index contributed by atoms with van der Waals surface area (Å²) < 4.78 is 0. The highest BCUT2D eigenvalue weighted by atomic mass is 16.1. The molecule has 2 aromatic heterocycles. The Labute approximate surface area is 175 Å². The number of aromatic nitrogens is 2. The van der Waals surface area contributed by atoms with Gasteiger partial charge in [0, 0.05) is 36.8 Å². The number of carbonyl (C=O) groups is 1. The molecule has 30 heavy (non-hydrogen) atoms. The van der Waals surface area contributed by atoms with Gasteiger partial charge in [0.1, 0.15) is 5.69 Å². The minimum atomic E-state index is -0.182. The van der Waals surface area contributed by atoms with Gasteiger partial charge in [0.2, 0.25) is 0 Å². The third-order valence-corrected chi connectivity index (χ3v) is 5.70. The Morgan fingerprint density at radius 1 is 1.17 bits per heavy atom. The van der Waals surface area contributed by atoms with E-state index in [9.17, 15) is 9.59 Å². The van der Waals surface area contributed by atoms with E-state index < -0.39 is 0 Å². The molecule has 0 unspecified atom stereocenters. The molecular weight excluding hydrogens is 378 g/mol. The molecule has 0 bridgehead atoms. The van der Waals surface area contributed by atoms with Gasteiger partial charge in [-0.1, -0.05) is 19.1 Å². The largest absolute Gasteiger partial charge is 0.381 e. The molecule has 0 aliphatic heterocycles. The van der Waals surface area contributed by atoms with Crippen LogP contribution in [-0.4, -0.2) is 35.0 Å². The molecule has 4 N–H and O–H groups in total. The number of nitrogens with one attached hydrogen (secondary N) is 4. The number of aryl methyl sites for hydroxylation is 1. The Bertz CT molecular complexity index is 1100. The molecule has 0 radical (unpaired) electrons. The smallest absolute Gasteiger partial charge is 0.269 e. The molecule has 0 saturated heterocycles. The second-order valence-corrected chi connectivity index (χ2v) is 7.80. The molecule has 7 heteroatoms. The van der Waals surface area contributed by atoms with Crippen LogP contribution in [-0.2, 0) is 13.0 Å². The number of aromatic amines is 1. The number of anilines is 1. The van der Waals surface area contributed by atoms with Gasteiger partial charge in [-0.15, -0.1) is 0 Å². The lowest BCUT2D eigenvalue weighted by molar-refractivity contribution is 0.0958. The van der Waals surface area contributed by atoms with Gasteiger partial charge >= 0.3 is 0 Å². The fourth-order valence-electron chi connectivity index (χ4n) is 3.81. The Balaban J connectivity index is 1.27. The molecule has 1 aromatic carbocycles. The van der Waals surface area contributed by atoms with Crippen LogP contribution in [0.2, 0.25) is 0 Å². The van der Waals surface area contributed by atoms with Gasteiger partial charge in [-0.2, -0.15) is 0 Å². The van der Waals surface area contributed by atoms with Crippen molar-refractivity contribution in [3.8, 4) is 0 Å². The van der Waals surface area contributed by atoms with Crippen molar-refractivity contribution >= 4 is 22.5 Å². The molecule has 0 spiro atoms. The van der Waals surface area contributed by atoms with Crippen LogP contribution in [0.25, 0.3) is 10.9 Å². The van der Waals surface area contributed by atoms with Crippen LogP contribution in [0.1, 0.15) is 41.4 Å². The number of nitrogens with zero attached hydrogens (tertiary/aromatic N) is 1. The van der Waals surface area contributed by atoms with Gasteiger partial charge in [-0.3, -0.25) is 9.59 Å². The van der Waals surface area contributed by atoms with E-state index in [-0.39, 0.29) is 11.5 Å². The van der Waals surface area contributed by atoms with Crippen molar-refractivity contribution < 1.29 is 4.79 Å². The molecule has 7 nitrogen and oxygen atoms in total. The number of carbonyl (C=O) groups excluding carboxylic acids is 1. The highest BCUT2D eigenvalue weighted by Crippen LogP contribution is 2.25. The standard InChI is InChI=1S/C23H27N5O2/c1-3-15-9-16-5-4-14(8-21(16)28-22(15)29)12-25-18-10-19(11-18)27-17-6-7-20(26-13-17)23(30)24-2/h4-9,13,18-19,25,27H,3,10-12H2,1-2H3,(H,24,30)(H,28,29). The molecule has 1 amide bonds. The van der Waals surface area contributed by atoms with Crippen LogP contribution in [0.15, 0.2) is 47.4 Å². The maximum absolute atomic E-state index is 12.0. The minimum absolute atomic E-state index is 0.000800. The summed E-state index contributed by atoms with van der Waals surface area (Å²) in [4.78, 5) is 30.8. The number of pyridine rings is 2. The zero-order chi connectivity index (χ0) is 21.1.